The summed E-state index contributed by atoms with van der Waals surface area (Å²) in [5, 5.41) is 0.401. The third-order valence-corrected chi connectivity index (χ3v) is 4.89. The van der Waals surface area contributed by atoms with Crippen molar-refractivity contribution in [1.29, 1.82) is 0 Å². The van der Waals surface area contributed by atoms with Crippen LogP contribution in [0, 0.1) is 12.7 Å². The number of imidazole rings is 1. The first-order chi connectivity index (χ1) is 11.7. The molecule has 1 aromatic carbocycles. The summed E-state index contributed by atoms with van der Waals surface area (Å²) < 4.78 is 16.6. The van der Waals surface area contributed by atoms with Gasteiger partial charge in [0.05, 0.1) is 10.7 Å². The first-order valence-corrected chi connectivity index (χ1v) is 8.57. The van der Waals surface area contributed by atoms with Crippen LogP contribution >= 0.6 is 11.6 Å². The zero-order valence-electron chi connectivity index (χ0n) is 13.5. The quantitative estimate of drug-likeness (QED) is 0.687. The highest BCUT2D eigenvalue weighted by Gasteiger charge is 2.25. The van der Waals surface area contributed by atoms with E-state index in [4.69, 9.17) is 11.6 Å². The molecule has 0 radical (unpaired) electrons. The second-order valence-electron chi connectivity index (χ2n) is 6.14. The van der Waals surface area contributed by atoms with Crippen molar-refractivity contribution in [2.45, 2.75) is 26.2 Å². The average Bonchev–Trinajstić information content (AvgIpc) is 3.03. The molecule has 1 aliphatic heterocycles. The lowest BCUT2D eigenvalue weighted by atomic mass is 10.0. The van der Waals surface area contributed by atoms with Crippen molar-refractivity contribution < 1.29 is 4.39 Å². The molecule has 2 aromatic heterocycles. The van der Waals surface area contributed by atoms with E-state index < -0.39 is 0 Å². The minimum Gasteiger partial charge on any atom is -0.357 e. The van der Waals surface area contributed by atoms with Gasteiger partial charge >= 0.3 is 0 Å². The van der Waals surface area contributed by atoms with Gasteiger partial charge in [0.1, 0.15) is 11.6 Å². The van der Waals surface area contributed by atoms with Crippen LogP contribution < -0.4 is 4.90 Å². The Labute approximate surface area is 144 Å². The zero-order chi connectivity index (χ0) is 16.7. The molecule has 0 N–H and O–H groups in total. The molecule has 0 saturated carbocycles. The molecule has 4 nitrogen and oxygen atoms in total. The van der Waals surface area contributed by atoms with E-state index in [1.807, 2.05) is 17.5 Å². The van der Waals surface area contributed by atoms with Gasteiger partial charge in [-0.2, -0.15) is 0 Å². The molecule has 0 bridgehead atoms. The van der Waals surface area contributed by atoms with Crippen LogP contribution in [0.1, 0.15) is 25.0 Å². The molecule has 4 rings (SSSR count). The molecule has 3 aromatic rings. The molecular formula is C18H18ClFN4. The van der Waals surface area contributed by atoms with E-state index >= 15 is 0 Å². The molecule has 0 unspecified atom stereocenters. The summed E-state index contributed by atoms with van der Waals surface area (Å²) in [7, 11) is 0. The maximum atomic E-state index is 14.6. The standard InChI is InChI=1S/C18H18ClFN4/c1-12-15(16-13(19)6-5-7-14(16)20)17(23-9-3-2-4-10-23)24-11-8-21-18(24)22-12/h5-8,11H,2-4,9-10H2,1H3. The van der Waals surface area contributed by atoms with E-state index in [0.717, 1.165) is 43.0 Å². The Kier molecular flexibility index (Phi) is 3.88. The van der Waals surface area contributed by atoms with E-state index in [1.165, 1.54) is 12.5 Å². The normalized spacial score (nSPS) is 15.2. The number of piperidine rings is 1. The Bertz CT molecular complexity index is 879. The van der Waals surface area contributed by atoms with Crippen molar-refractivity contribution in [1.82, 2.24) is 14.4 Å². The smallest absolute Gasteiger partial charge is 0.235 e. The maximum absolute atomic E-state index is 14.6. The molecule has 1 fully saturated rings. The lowest BCUT2D eigenvalue weighted by Crippen LogP contribution is -2.32. The van der Waals surface area contributed by atoms with Gasteiger partial charge in [0.2, 0.25) is 5.78 Å². The summed E-state index contributed by atoms with van der Waals surface area (Å²) in [4.78, 5) is 11.2. The maximum Gasteiger partial charge on any atom is 0.235 e. The number of benzene rings is 1. The van der Waals surface area contributed by atoms with E-state index in [0.29, 0.717) is 16.4 Å². The first-order valence-electron chi connectivity index (χ1n) is 8.20. The molecule has 0 amide bonds. The van der Waals surface area contributed by atoms with Crippen molar-refractivity contribution >= 4 is 23.2 Å². The number of rotatable bonds is 2. The van der Waals surface area contributed by atoms with Crippen molar-refractivity contribution in [2.24, 2.45) is 0 Å². The van der Waals surface area contributed by atoms with Crippen molar-refractivity contribution in [3.05, 3.63) is 47.1 Å². The molecule has 1 saturated heterocycles. The van der Waals surface area contributed by atoms with Gasteiger partial charge < -0.3 is 4.90 Å². The molecule has 24 heavy (non-hydrogen) atoms. The van der Waals surface area contributed by atoms with Crippen LogP contribution in [0.4, 0.5) is 10.2 Å². The molecule has 0 atom stereocenters. The minimum atomic E-state index is -0.329. The summed E-state index contributed by atoms with van der Waals surface area (Å²) in [5.74, 6) is 1.23. The fraction of sp³-hybridized carbons (Fsp3) is 0.333. The van der Waals surface area contributed by atoms with Gasteiger partial charge in [0.15, 0.2) is 0 Å². The summed E-state index contributed by atoms with van der Waals surface area (Å²) in [6, 6.07) is 4.79. The SMILES string of the molecule is Cc1nc2nccn2c(N2CCCCC2)c1-c1c(F)cccc1Cl. The molecule has 1 aliphatic rings. The Hall–Kier alpha value is -2.14. The summed E-state index contributed by atoms with van der Waals surface area (Å²) in [6.07, 6.45) is 7.08. The van der Waals surface area contributed by atoms with Crippen LogP contribution in [0.15, 0.2) is 30.6 Å². The number of halogens is 2. The van der Waals surface area contributed by atoms with Gasteiger partial charge in [0, 0.05) is 36.6 Å². The summed E-state index contributed by atoms with van der Waals surface area (Å²) in [6.45, 7) is 3.77. The molecule has 0 spiro atoms. The number of hydrogen-bond donors (Lipinski definition) is 0. The fourth-order valence-corrected chi connectivity index (χ4v) is 3.73. The van der Waals surface area contributed by atoms with Crippen molar-refractivity contribution in [2.75, 3.05) is 18.0 Å². The van der Waals surface area contributed by atoms with Crippen LogP contribution in [0.3, 0.4) is 0 Å². The summed E-state index contributed by atoms with van der Waals surface area (Å²) in [5.41, 5.74) is 1.91. The predicted octanol–water partition coefficient (Wildman–Crippen LogP) is 4.49. The van der Waals surface area contributed by atoms with Crippen molar-refractivity contribution in [3.8, 4) is 11.1 Å². The van der Waals surface area contributed by atoms with Crippen LogP contribution in [-0.4, -0.2) is 27.5 Å². The highest BCUT2D eigenvalue weighted by atomic mass is 35.5. The highest BCUT2D eigenvalue weighted by molar-refractivity contribution is 6.33. The Morgan fingerprint density at radius 1 is 1.12 bits per heavy atom. The molecule has 6 heteroatoms. The monoisotopic (exact) mass is 344 g/mol. The number of aromatic nitrogens is 3. The fourth-order valence-electron chi connectivity index (χ4n) is 3.48. The number of fused-ring (bicyclic) bond motifs is 1. The topological polar surface area (TPSA) is 33.4 Å². The van der Waals surface area contributed by atoms with Crippen LogP contribution in [-0.2, 0) is 0 Å². The van der Waals surface area contributed by atoms with E-state index in [9.17, 15) is 4.39 Å². The van der Waals surface area contributed by atoms with Gasteiger partial charge in [-0.15, -0.1) is 0 Å². The molecule has 0 aliphatic carbocycles. The third kappa shape index (κ3) is 2.44. The van der Waals surface area contributed by atoms with Crippen LogP contribution in [0.5, 0.6) is 0 Å². The second-order valence-corrected chi connectivity index (χ2v) is 6.54. The number of anilines is 1. The predicted molar refractivity (Wildman–Crippen MR) is 94.2 cm³/mol. The van der Waals surface area contributed by atoms with E-state index in [-0.39, 0.29) is 5.82 Å². The van der Waals surface area contributed by atoms with E-state index in [2.05, 4.69) is 14.9 Å². The highest BCUT2D eigenvalue weighted by Crippen LogP contribution is 2.39. The van der Waals surface area contributed by atoms with Gasteiger partial charge in [-0.3, -0.25) is 4.40 Å². The number of hydrogen-bond acceptors (Lipinski definition) is 3. The molecule has 3 heterocycles. The largest absolute Gasteiger partial charge is 0.357 e. The van der Waals surface area contributed by atoms with Gasteiger partial charge in [-0.1, -0.05) is 17.7 Å². The molecular weight excluding hydrogens is 327 g/mol. The Morgan fingerprint density at radius 3 is 2.67 bits per heavy atom. The summed E-state index contributed by atoms with van der Waals surface area (Å²) >= 11 is 6.36. The lowest BCUT2D eigenvalue weighted by Gasteiger charge is -2.31. The minimum absolute atomic E-state index is 0.329. The zero-order valence-corrected chi connectivity index (χ0v) is 14.2. The second kappa shape index (κ2) is 6.06. The van der Waals surface area contributed by atoms with Crippen molar-refractivity contribution in [3.63, 3.8) is 0 Å². The molecule has 124 valence electrons. The van der Waals surface area contributed by atoms with Crippen LogP contribution in [0.2, 0.25) is 5.02 Å². The third-order valence-electron chi connectivity index (χ3n) is 4.57. The Morgan fingerprint density at radius 2 is 1.92 bits per heavy atom. The Balaban J connectivity index is 2.05. The van der Waals surface area contributed by atoms with Gasteiger partial charge in [0.25, 0.3) is 0 Å². The first kappa shape index (κ1) is 15.4. The number of aryl methyl sites for hydroxylation is 1. The van der Waals surface area contributed by atoms with Crippen LogP contribution in [0.25, 0.3) is 16.9 Å². The van der Waals surface area contributed by atoms with E-state index in [1.54, 1.807) is 18.3 Å². The average molecular weight is 345 g/mol. The van der Waals surface area contributed by atoms with Gasteiger partial charge in [-0.05, 0) is 38.3 Å². The lowest BCUT2D eigenvalue weighted by molar-refractivity contribution is 0.571. The van der Waals surface area contributed by atoms with Gasteiger partial charge in [-0.25, -0.2) is 14.4 Å². The number of nitrogens with zero attached hydrogens (tertiary/aromatic N) is 4.